The van der Waals surface area contributed by atoms with Gasteiger partial charge >= 0.3 is 0 Å². The third-order valence-electron chi connectivity index (χ3n) is 2.88. The molecule has 0 unspecified atom stereocenters. The van der Waals surface area contributed by atoms with Gasteiger partial charge in [-0.15, -0.1) is 0 Å². The molecule has 20 heavy (non-hydrogen) atoms. The van der Waals surface area contributed by atoms with Gasteiger partial charge in [-0.25, -0.2) is 0 Å². The van der Waals surface area contributed by atoms with Crippen LogP contribution in [0.1, 0.15) is 28.4 Å². The molecule has 3 nitrogen and oxygen atoms in total. The number of aldehydes is 1. The van der Waals surface area contributed by atoms with Crippen LogP contribution in [0.2, 0.25) is 0 Å². The number of rotatable bonds is 6. The Morgan fingerprint density at radius 3 is 2.60 bits per heavy atom. The maximum atomic E-state index is 10.8. The van der Waals surface area contributed by atoms with E-state index < -0.39 is 0 Å². The number of aryl methyl sites for hydroxylation is 1. The highest BCUT2D eigenvalue weighted by molar-refractivity contribution is 5.76. The molecular formula is C17H18O3. The van der Waals surface area contributed by atoms with E-state index in [9.17, 15) is 4.79 Å². The summed E-state index contributed by atoms with van der Waals surface area (Å²) < 4.78 is 11.3. The Morgan fingerprint density at radius 1 is 1.05 bits per heavy atom. The largest absolute Gasteiger partial charge is 0.490 e. The number of hydrogen-bond donors (Lipinski definition) is 0. The number of ether oxygens (including phenoxy) is 2. The Bertz CT molecular complexity index is 591. The Hall–Kier alpha value is -2.29. The number of hydrogen-bond acceptors (Lipinski definition) is 3. The van der Waals surface area contributed by atoms with E-state index in [-0.39, 0.29) is 0 Å². The van der Waals surface area contributed by atoms with Crippen LogP contribution in [0, 0.1) is 6.92 Å². The van der Waals surface area contributed by atoms with Crippen molar-refractivity contribution in [2.45, 2.75) is 20.5 Å². The van der Waals surface area contributed by atoms with Crippen LogP contribution in [-0.2, 0) is 6.61 Å². The van der Waals surface area contributed by atoms with Crippen molar-refractivity contribution in [1.82, 2.24) is 0 Å². The minimum absolute atomic E-state index is 0.474. The molecule has 0 saturated heterocycles. The molecule has 2 aromatic carbocycles. The summed E-state index contributed by atoms with van der Waals surface area (Å²) in [4.78, 5) is 10.8. The molecule has 0 aliphatic heterocycles. The lowest BCUT2D eigenvalue weighted by molar-refractivity contribution is 0.112. The molecule has 0 aliphatic carbocycles. The van der Waals surface area contributed by atoms with Crippen molar-refractivity contribution in [3.8, 4) is 11.5 Å². The first kappa shape index (κ1) is 14.1. The zero-order valence-electron chi connectivity index (χ0n) is 11.8. The number of carbonyl (C=O) groups excluding carboxylic acids is 1. The molecule has 0 aromatic heterocycles. The minimum Gasteiger partial charge on any atom is -0.490 e. The van der Waals surface area contributed by atoms with Gasteiger partial charge in [-0.05, 0) is 37.6 Å². The number of carbonyl (C=O) groups is 1. The molecule has 0 spiro atoms. The van der Waals surface area contributed by atoms with E-state index in [0.717, 1.165) is 11.8 Å². The van der Waals surface area contributed by atoms with E-state index >= 15 is 0 Å². The Morgan fingerprint density at radius 2 is 1.90 bits per heavy atom. The van der Waals surface area contributed by atoms with Gasteiger partial charge in [-0.2, -0.15) is 0 Å². The summed E-state index contributed by atoms with van der Waals surface area (Å²) in [7, 11) is 0. The minimum atomic E-state index is 0.474. The molecule has 0 atom stereocenters. The maximum Gasteiger partial charge on any atom is 0.161 e. The van der Waals surface area contributed by atoms with Crippen molar-refractivity contribution in [2.75, 3.05) is 6.61 Å². The summed E-state index contributed by atoms with van der Waals surface area (Å²) >= 11 is 0. The van der Waals surface area contributed by atoms with Gasteiger partial charge in [-0.3, -0.25) is 4.79 Å². The lowest BCUT2D eigenvalue weighted by Crippen LogP contribution is -2.00. The second kappa shape index (κ2) is 6.75. The lowest BCUT2D eigenvalue weighted by atomic mass is 10.1. The summed E-state index contributed by atoms with van der Waals surface area (Å²) in [6.45, 7) is 4.96. The van der Waals surface area contributed by atoms with Gasteiger partial charge in [0.1, 0.15) is 12.9 Å². The first-order valence-corrected chi connectivity index (χ1v) is 6.63. The van der Waals surface area contributed by atoms with Gasteiger partial charge in [0.2, 0.25) is 0 Å². The predicted molar refractivity (Wildman–Crippen MR) is 78.5 cm³/mol. The molecule has 2 aromatic rings. The average molecular weight is 270 g/mol. The van der Waals surface area contributed by atoms with E-state index in [1.54, 1.807) is 18.2 Å². The van der Waals surface area contributed by atoms with Crippen LogP contribution < -0.4 is 9.47 Å². The summed E-state index contributed by atoms with van der Waals surface area (Å²) in [5.74, 6) is 1.25. The standard InChI is InChI=1S/C17H18O3/c1-3-19-17-10-14(11-18)7-8-16(17)20-12-15-6-4-5-13(2)9-15/h4-11H,3,12H2,1-2H3. The maximum absolute atomic E-state index is 10.8. The zero-order chi connectivity index (χ0) is 14.4. The van der Waals surface area contributed by atoms with E-state index in [4.69, 9.17) is 9.47 Å². The summed E-state index contributed by atoms with van der Waals surface area (Å²) in [6, 6.07) is 13.3. The van der Waals surface area contributed by atoms with Crippen LogP contribution in [0.25, 0.3) is 0 Å². The van der Waals surface area contributed by atoms with Gasteiger partial charge < -0.3 is 9.47 Å². The quantitative estimate of drug-likeness (QED) is 0.749. The molecule has 104 valence electrons. The molecule has 0 fully saturated rings. The molecule has 0 heterocycles. The molecule has 2 rings (SSSR count). The van der Waals surface area contributed by atoms with Gasteiger partial charge in [0.25, 0.3) is 0 Å². The normalized spacial score (nSPS) is 10.1. The van der Waals surface area contributed by atoms with Crippen molar-refractivity contribution in [2.24, 2.45) is 0 Å². The fourth-order valence-electron chi connectivity index (χ4n) is 1.95. The van der Waals surface area contributed by atoms with Crippen LogP contribution in [0.3, 0.4) is 0 Å². The average Bonchev–Trinajstić information content (AvgIpc) is 2.46. The SMILES string of the molecule is CCOc1cc(C=O)ccc1OCc1cccc(C)c1. The first-order chi connectivity index (χ1) is 9.72. The Kier molecular flexibility index (Phi) is 4.77. The van der Waals surface area contributed by atoms with Crippen LogP contribution >= 0.6 is 0 Å². The third kappa shape index (κ3) is 3.60. The Labute approximate surface area is 119 Å². The summed E-state index contributed by atoms with van der Waals surface area (Å²) in [5.41, 5.74) is 2.88. The fraction of sp³-hybridized carbons (Fsp3) is 0.235. The van der Waals surface area contributed by atoms with Crippen molar-refractivity contribution >= 4 is 6.29 Å². The molecule has 0 N–H and O–H groups in total. The molecule has 0 amide bonds. The van der Waals surface area contributed by atoms with Crippen molar-refractivity contribution in [3.63, 3.8) is 0 Å². The van der Waals surface area contributed by atoms with Crippen LogP contribution in [-0.4, -0.2) is 12.9 Å². The fourth-order valence-corrected chi connectivity index (χ4v) is 1.95. The molecule has 0 aliphatic rings. The number of benzene rings is 2. The summed E-state index contributed by atoms with van der Waals surface area (Å²) in [5, 5.41) is 0. The van der Waals surface area contributed by atoms with E-state index in [1.165, 1.54) is 5.56 Å². The molecule has 0 saturated carbocycles. The second-order valence-electron chi connectivity index (χ2n) is 4.53. The van der Waals surface area contributed by atoms with Gasteiger partial charge in [0, 0.05) is 5.56 Å². The topological polar surface area (TPSA) is 35.5 Å². The van der Waals surface area contributed by atoms with E-state index in [1.807, 2.05) is 32.0 Å². The second-order valence-corrected chi connectivity index (χ2v) is 4.53. The Balaban J connectivity index is 2.14. The highest BCUT2D eigenvalue weighted by Gasteiger charge is 2.06. The third-order valence-corrected chi connectivity index (χ3v) is 2.88. The zero-order valence-corrected chi connectivity index (χ0v) is 11.8. The van der Waals surface area contributed by atoms with Crippen LogP contribution in [0.15, 0.2) is 42.5 Å². The van der Waals surface area contributed by atoms with Gasteiger partial charge in [0.05, 0.1) is 6.61 Å². The van der Waals surface area contributed by atoms with Crippen molar-refractivity contribution in [3.05, 3.63) is 59.2 Å². The lowest BCUT2D eigenvalue weighted by Gasteiger charge is -2.12. The van der Waals surface area contributed by atoms with Gasteiger partial charge in [-0.1, -0.05) is 29.8 Å². The monoisotopic (exact) mass is 270 g/mol. The highest BCUT2D eigenvalue weighted by atomic mass is 16.5. The highest BCUT2D eigenvalue weighted by Crippen LogP contribution is 2.28. The molecule has 0 bridgehead atoms. The van der Waals surface area contributed by atoms with E-state index in [0.29, 0.717) is 30.3 Å². The van der Waals surface area contributed by atoms with Crippen molar-refractivity contribution in [1.29, 1.82) is 0 Å². The predicted octanol–water partition coefficient (Wildman–Crippen LogP) is 3.79. The van der Waals surface area contributed by atoms with Crippen LogP contribution in [0.5, 0.6) is 11.5 Å². The van der Waals surface area contributed by atoms with E-state index in [2.05, 4.69) is 6.07 Å². The molecular weight excluding hydrogens is 252 g/mol. The summed E-state index contributed by atoms with van der Waals surface area (Å²) in [6.07, 6.45) is 0.798. The molecule has 3 heteroatoms. The smallest absolute Gasteiger partial charge is 0.161 e. The first-order valence-electron chi connectivity index (χ1n) is 6.63. The molecule has 0 radical (unpaired) electrons. The van der Waals surface area contributed by atoms with Gasteiger partial charge in [0.15, 0.2) is 11.5 Å². The van der Waals surface area contributed by atoms with Crippen LogP contribution in [0.4, 0.5) is 0 Å². The van der Waals surface area contributed by atoms with Crippen molar-refractivity contribution < 1.29 is 14.3 Å².